The standard InChI is InChI=1S/C31H32FN5O5S/c1-2-41-30(38)20-4-3-11-37(16-20)15-19-5-7-24(34-14-19)28-13-25-29(43-28)27(9-10-33-25)42-26-8-6-21(12-23(26)32)35-31(39)36-22-17-40-18-22/h5-10,12-14,20,22H,2-4,11,15-18H2,1H3,(H2,35,36,39). The molecular weight excluding hydrogens is 573 g/mol. The first-order chi connectivity index (χ1) is 20.9. The molecule has 6 rings (SSSR count). The number of nitrogens with one attached hydrogen (secondary N) is 2. The Labute approximate surface area is 252 Å². The number of esters is 1. The summed E-state index contributed by atoms with van der Waals surface area (Å²) in [6.07, 6.45) is 5.31. The van der Waals surface area contributed by atoms with Crippen LogP contribution in [0.2, 0.25) is 0 Å². The first-order valence-corrected chi connectivity index (χ1v) is 15.1. The van der Waals surface area contributed by atoms with Crippen LogP contribution in [0.4, 0.5) is 14.9 Å². The largest absolute Gasteiger partial charge is 0.466 e. The first kappa shape index (κ1) is 29.0. The number of pyridine rings is 2. The zero-order chi connectivity index (χ0) is 29.8. The van der Waals surface area contributed by atoms with Gasteiger partial charge in [-0.25, -0.2) is 9.18 Å². The molecule has 2 fully saturated rings. The zero-order valence-electron chi connectivity index (χ0n) is 23.7. The molecule has 1 aromatic carbocycles. The lowest BCUT2D eigenvalue weighted by molar-refractivity contribution is -0.150. The summed E-state index contributed by atoms with van der Waals surface area (Å²) in [6, 6.07) is 11.5. The quantitative estimate of drug-likeness (QED) is 0.238. The second-order valence-electron chi connectivity index (χ2n) is 10.6. The van der Waals surface area contributed by atoms with Crippen LogP contribution in [0.5, 0.6) is 11.5 Å². The van der Waals surface area contributed by atoms with Crippen molar-refractivity contribution in [1.82, 2.24) is 20.2 Å². The highest BCUT2D eigenvalue weighted by atomic mass is 32.1. The predicted molar refractivity (Wildman–Crippen MR) is 161 cm³/mol. The van der Waals surface area contributed by atoms with E-state index < -0.39 is 11.8 Å². The fourth-order valence-electron chi connectivity index (χ4n) is 5.15. The Morgan fingerprint density at radius 1 is 1.14 bits per heavy atom. The molecule has 2 aliphatic rings. The summed E-state index contributed by atoms with van der Waals surface area (Å²) in [7, 11) is 0. The van der Waals surface area contributed by atoms with Crippen LogP contribution in [0, 0.1) is 11.7 Å². The summed E-state index contributed by atoms with van der Waals surface area (Å²) < 4.78 is 31.9. The number of hydrogen-bond donors (Lipinski definition) is 2. The van der Waals surface area contributed by atoms with Gasteiger partial charge in [0.15, 0.2) is 11.6 Å². The number of fused-ring (bicyclic) bond motifs is 1. The summed E-state index contributed by atoms with van der Waals surface area (Å²) in [4.78, 5) is 36.6. The minimum absolute atomic E-state index is 0.0304. The van der Waals surface area contributed by atoms with E-state index in [2.05, 4.69) is 26.6 Å². The summed E-state index contributed by atoms with van der Waals surface area (Å²) in [6.45, 7) is 5.53. The highest BCUT2D eigenvalue weighted by Gasteiger charge is 2.27. The molecule has 2 amide bonds. The van der Waals surface area contributed by atoms with Gasteiger partial charge in [-0.3, -0.25) is 19.7 Å². The molecular formula is C31H32FN5O5S. The number of thiophene rings is 1. The lowest BCUT2D eigenvalue weighted by atomic mass is 9.98. The van der Waals surface area contributed by atoms with Gasteiger partial charge >= 0.3 is 12.0 Å². The van der Waals surface area contributed by atoms with Crippen molar-refractivity contribution < 1.29 is 28.2 Å². The van der Waals surface area contributed by atoms with Gasteiger partial charge in [-0.15, -0.1) is 11.3 Å². The van der Waals surface area contributed by atoms with Crippen molar-refractivity contribution >= 4 is 39.2 Å². The molecule has 2 saturated heterocycles. The van der Waals surface area contributed by atoms with Crippen molar-refractivity contribution in [2.75, 3.05) is 38.2 Å². The van der Waals surface area contributed by atoms with Gasteiger partial charge in [-0.2, -0.15) is 0 Å². The van der Waals surface area contributed by atoms with Crippen molar-refractivity contribution in [1.29, 1.82) is 0 Å². The number of ether oxygens (including phenoxy) is 3. The molecule has 10 nitrogen and oxygen atoms in total. The molecule has 43 heavy (non-hydrogen) atoms. The van der Waals surface area contributed by atoms with Gasteiger partial charge in [0, 0.05) is 43.3 Å². The third-order valence-electron chi connectivity index (χ3n) is 7.37. The number of halogens is 1. The molecule has 2 N–H and O–H groups in total. The van der Waals surface area contributed by atoms with E-state index in [1.807, 2.05) is 25.3 Å². The van der Waals surface area contributed by atoms with Gasteiger partial charge in [-0.1, -0.05) is 6.07 Å². The summed E-state index contributed by atoms with van der Waals surface area (Å²) >= 11 is 1.47. The molecule has 1 atom stereocenters. The molecule has 4 aromatic rings. The molecule has 0 bridgehead atoms. The van der Waals surface area contributed by atoms with Gasteiger partial charge in [0.2, 0.25) is 0 Å². The van der Waals surface area contributed by atoms with Gasteiger partial charge in [0.1, 0.15) is 5.75 Å². The normalized spacial score (nSPS) is 17.3. The monoisotopic (exact) mass is 605 g/mol. The second-order valence-corrected chi connectivity index (χ2v) is 11.6. The van der Waals surface area contributed by atoms with Crippen LogP contribution in [0.1, 0.15) is 25.3 Å². The van der Waals surface area contributed by atoms with Crippen molar-refractivity contribution in [2.24, 2.45) is 5.92 Å². The minimum atomic E-state index is -0.606. The molecule has 12 heteroatoms. The van der Waals surface area contributed by atoms with E-state index in [-0.39, 0.29) is 23.7 Å². The molecule has 0 saturated carbocycles. The maximum atomic E-state index is 14.9. The zero-order valence-corrected chi connectivity index (χ0v) is 24.5. The van der Waals surface area contributed by atoms with E-state index in [1.54, 1.807) is 18.3 Å². The number of carbonyl (C=O) groups excluding carboxylic acids is 2. The average molecular weight is 606 g/mol. The van der Waals surface area contributed by atoms with E-state index in [0.29, 0.717) is 37.8 Å². The number of urea groups is 1. The number of rotatable bonds is 9. The average Bonchev–Trinajstić information content (AvgIpc) is 3.43. The van der Waals surface area contributed by atoms with Gasteiger partial charge in [-0.05, 0) is 56.1 Å². The molecule has 2 aliphatic heterocycles. The van der Waals surface area contributed by atoms with E-state index in [9.17, 15) is 14.0 Å². The fraction of sp³-hybridized carbons (Fsp3) is 0.355. The summed E-state index contributed by atoms with van der Waals surface area (Å²) in [5, 5.41) is 5.37. The SMILES string of the molecule is CCOC(=O)C1CCCN(Cc2ccc(-c3cc4nccc(Oc5ccc(NC(=O)NC6COC6)cc5F)c4s3)nc2)C1. The number of benzene rings is 1. The molecule has 1 unspecified atom stereocenters. The highest BCUT2D eigenvalue weighted by Crippen LogP contribution is 2.39. The summed E-state index contributed by atoms with van der Waals surface area (Å²) in [5.74, 6) is -0.289. The Bertz CT molecular complexity index is 1610. The number of likely N-dealkylation sites (tertiary alicyclic amines) is 1. The number of anilines is 1. The van der Waals surface area contributed by atoms with E-state index in [0.717, 1.165) is 52.3 Å². The topological polar surface area (TPSA) is 115 Å². The van der Waals surface area contributed by atoms with Crippen molar-refractivity contribution in [3.8, 4) is 22.1 Å². The van der Waals surface area contributed by atoms with Crippen molar-refractivity contribution in [3.63, 3.8) is 0 Å². The Hall–Kier alpha value is -4.13. The van der Waals surface area contributed by atoms with Crippen LogP contribution >= 0.6 is 11.3 Å². The van der Waals surface area contributed by atoms with Crippen LogP contribution < -0.4 is 15.4 Å². The number of piperidine rings is 1. The summed E-state index contributed by atoms with van der Waals surface area (Å²) in [5.41, 5.74) is 2.90. The molecule has 0 radical (unpaired) electrons. The smallest absolute Gasteiger partial charge is 0.319 e. The lowest BCUT2D eigenvalue weighted by Crippen LogP contribution is -2.49. The Kier molecular flexibility index (Phi) is 8.77. The Balaban J connectivity index is 1.11. The van der Waals surface area contributed by atoms with Crippen LogP contribution in [0.3, 0.4) is 0 Å². The second kappa shape index (κ2) is 13.0. The molecule has 0 spiro atoms. The van der Waals surface area contributed by atoms with E-state index in [1.165, 1.54) is 23.5 Å². The number of amides is 2. The van der Waals surface area contributed by atoms with E-state index in [4.69, 9.17) is 19.2 Å². The maximum Gasteiger partial charge on any atom is 0.319 e. The van der Waals surface area contributed by atoms with Crippen molar-refractivity contribution in [2.45, 2.75) is 32.4 Å². The number of carbonyl (C=O) groups is 2. The molecule has 3 aromatic heterocycles. The first-order valence-electron chi connectivity index (χ1n) is 14.3. The molecule has 5 heterocycles. The molecule has 0 aliphatic carbocycles. The van der Waals surface area contributed by atoms with E-state index >= 15 is 0 Å². The lowest BCUT2D eigenvalue weighted by Gasteiger charge is -2.31. The minimum Gasteiger partial charge on any atom is -0.466 e. The van der Waals surface area contributed by atoms with Gasteiger partial charge in [0.05, 0.1) is 52.6 Å². The Morgan fingerprint density at radius 2 is 2.02 bits per heavy atom. The third kappa shape index (κ3) is 6.93. The number of aromatic nitrogens is 2. The van der Waals surface area contributed by atoms with Crippen LogP contribution in [-0.2, 0) is 20.8 Å². The Morgan fingerprint density at radius 3 is 2.77 bits per heavy atom. The van der Waals surface area contributed by atoms with Gasteiger partial charge in [0.25, 0.3) is 0 Å². The van der Waals surface area contributed by atoms with Crippen molar-refractivity contribution in [3.05, 3.63) is 66.2 Å². The predicted octanol–water partition coefficient (Wildman–Crippen LogP) is 5.59. The van der Waals surface area contributed by atoms with Crippen LogP contribution in [0.25, 0.3) is 20.8 Å². The van der Waals surface area contributed by atoms with Gasteiger partial charge < -0.3 is 24.8 Å². The number of hydrogen-bond acceptors (Lipinski definition) is 9. The van der Waals surface area contributed by atoms with Crippen LogP contribution in [-0.4, -0.2) is 65.8 Å². The fourth-order valence-corrected chi connectivity index (χ4v) is 6.19. The molecule has 224 valence electrons. The maximum absolute atomic E-state index is 14.9. The third-order valence-corrected chi connectivity index (χ3v) is 8.53. The highest BCUT2D eigenvalue weighted by molar-refractivity contribution is 7.22. The number of nitrogens with zero attached hydrogens (tertiary/aromatic N) is 3. The van der Waals surface area contributed by atoms with Crippen LogP contribution in [0.15, 0.2) is 54.9 Å².